The molecule has 0 aliphatic carbocycles. The van der Waals surface area contributed by atoms with E-state index in [1.54, 1.807) is 0 Å². The van der Waals surface area contributed by atoms with Gasteiger partial charge in [-0.25, -0.2) is 0 Å². The van der Waals surface area contributed by atoms with Gasteiger partial charge in [-0.2, -0.15) is 0 Å². The van der Waals surface area contributed by atoms with Gasteiger partial charge in [-0.15, -0.1) is 10.1 Å². The minimum atomic E-state index is -1.72. The molecule has 0 amide bonds. The molecule has 36 heavy (non-hydrogen) atoms. The van der Waals surface area contributed by atoms with Crippen LogP contribution in [0.4, 0.5) is 0 Å². The number of rotatable bonds is 8. The Balaban J connectivity index is 1.83. The number of ether oxygens (including phenoxy) is 2. The zero-order valence-corrected chi connectivity index (χ0v) is 18.6. The molecule has 5 N–H and O–H groups in total. The van der Waals surface area contributed by atoms with Crippen molar-refractivity contribution in [3.8, 4) is 22.6 Å². The average Bonchev–Trinajstić information content (AvgIpc) is 2.86. The van der Waals surface area contributed by atoms with Gasteiger partial charge in [0.15, 0.2) is 0 Å². The first-order chi connectivity index (χ1) is 17.2. The first-order valence-corrected chi connectivity index (χ1v) is 10.8. The standard InChI is InChI=1S/C23H23NO12/c25-9-16-19(28)20(29)21(30)23(36-16)17-15(33-7-8-35-24(31)32)6-5-13-18(27)14(10-34-22(13)17)11-1-3-12(26)4-2-11/h1-6,10,16,19-21,23,25-26,28-30H,7-9H2/t16-,19-,20+,21-,23+/m1/s1. The topological polar surface area (TPSA) is 202 Å². The van der Waals surface area contributed by atoms with Gasteiger partial charge in [0.25, 0.3) is 5.09 Å². The molecule has 13 nitrogen and oxygen atoms in total. The molecule has 4 rings (SSSR count). The lowest BCUT2D eigenvalue weighted by molar-refractivity contribution is -0.757. The maximum absolute atomic E-state index is 13.3. The minimum absolute atomic E-state index is 0.000638. The van der Waals surface area contributed by atoms with Crippen molar-refractivity contribution < 1.29 is 49.3 Å². The van der Waals surface area contributed by atoms with Crippen LogP contribution in [0, 0.1) is 10.1 Å². The van der Waals surface area contributed by atoms with E-state index in [9.17, 15) is 40.4 Å². The predicted molar refractivity (Wildman–Crippen MR) is 121 cm³/mol. The predicted octanol–water partition coefficient (Wildman–Crippen LogP) is 0.268. The van der Waals surface area contributed by atoms with Crippen molar-refractivity contribution in [1.29, 1.82) is 0 Å². The van der Waals surface area contributed by atoms with Crippen molar-refractivity contribution in [1.82, 2.24) is 0 Å². The zero-order valence-electron chi connectivity index (χ0n) is 18.6. The Bertz CT molecular complexity index is 1290. The number of aliphatic hydroxyl groups excluding tert-OH is 4. The molecule has 0 unspecified atom stereocenters. The van der Waals surface area contributed by atoms with Crippen molar-refractivity contribution in [3.63, 3.8) is 0 Å². The largest absolute Gasteiger partial charge is 0.508 e. The second kappa shape index (κ2) is 10.5. The van der Waals surface area contributed by atoms with E-state index in [1.165, 1.54) is 42.7 Å². The van der Waals surface area contributed by atoms with Crippen LogP contribution in [-0.4, -0.2) is 74.9 Å². The van der Waals surface area contributed by atoms with E-state index in [-0.39, 0.29) is 40.2 Å². The van der Waals surface area contributed by atoms with Crippen LogP contribution >= 0.6 is 0 Å². The van der Waals surface area contributed by atoms with E-state index in [1.807, 2.05) is 0 Å². The summed E-state index contributed by atoms with van der Waals surface area (Å²) in [6.45, 7) is -1.41. The summed E-state index contributed by atoms with van der Waals surface area (Å²) >= 11 is 0. The van der Waals surface area contributed by atoms with E-state index in [0.29, 0.717) is 5.56 Å². The monoisotopic (exact) mass is 505 g/mol. The maximum atomic E-state index is 13.3. The van der Waals surface area contributed by atoms with Gasteiger partial charge in [-0.3, -0.25) is 4.79 Å². The lowest BCUT2D eigenvalue weighted by Gasteiger charge is -2.40. The summed E-state index contributed by atoms with van der Waals surface area (Å²) in [6.07, 6.45) is -6.56. The van der Waals surface area contributed by atoms with Crippen LogP contribution in [0.15, 0.2) is 51.9 Å². The van der Waals surface area contributed by atoms with E-state index >= 15 is 0 Å². The van der Waals surface area contributed by atoms with Gasteiger partial charge in [0.1, 0.15) is 67.1 Å². The van der Waals surface area contributed by atoms with E-state index in [0.717, 1.165) is 0 Å². The van der Waals surface area contributed by atoms with Gasteiger partial charge in [-0.1, -0.05) is 12.1 Å². The third kappa shape index (κ3) is 4.82. The molecule has 1 aromatic heterocycles. The number of hydrogen-bond acceptors (Lipinski definition) is 12. The van der Waals surface area contributed by atoms with E-state index in [4.69, 9.17) is 13.9 Å². The second-order valence-corrected chi connectivity index (χ2v) is 8.03. The molecule has 1 saturated heterocycles. The summed E-state index contributed by atoms with van der Waals surface area (Å²) < 4.78 is 17.0. The number of nitrogens with zero attached hydrogens (tertiary/aromatic N) is 1. The van der Waals surface area contributed by atoms with Gasteiger partial charge in [0.2, 0.25) is 5.43 Å². The fraction of sp³-hybridized carbons (Fsp3) is 0.348. The molecule has 192 valence electrons. The van der Waals surface area contributed by atoms with E-state index < -0.39 is 54.2 Å². The molecule has 1 aliphatic heterocycles. The number of hydrogen-bond donors (Lipinski definition) is 5. The fourth-order valence-corrected chi connectivity index (χ4v) is 4.04. The Morgan fingerprint density at radius 1 is 1.00 bits per heavy atom. The third-order valence-corrected chi connectivity index (χ3v) is 5.83. The minimum Gasteiger partial charge on any atom is -0.508 e. The summed E-state index contributed by atoms with van der Waals surface area (Å²) in [6, 6.07) is 8.62. The van der Waals surface area contributed by atoms with Crippen LogP contribution in [0.1, 0.15) is 11.7 Å². The summed E-state index contributed by atoms with van der Waals surface area (Å²) in [5.41, 5.74) is 0.0980. The maximum Gasteiger partial charge on any atom is 0.294 e. The molecule has 1 fully saturated rings. The summed E-state index contributed by atoms with van der Waals surface area (Å²) in [5.74, 6) is 0.0102. The highest BCUT2D eigenvalue weighted by Gasteiger charge is 2.46. The SMILES string of the molecule is O=c1c(-c2ccc(O)cc2)coc2c([C@@H]3O[C@H](CO)[C@@H](O)[C@H](O)[C@H]3O)c(OCCO[N+](=O)[O-])ccc12. The molecule has 2 aromatic carbocycles. The molecule has 0 spiro atoms. The van der Waals surface area contributed by atoms with Crippen LogP contribution in [0.5, 0.6) is 11.5 Å². The number of aromatic hydroxyl groups is 1. The van der Waals surface area contributed by atoms with Gasteiger partial charge >= 0.3 is 0 Å². The zero-order chi connectivity index (χ0) is 26.0. The highest BCUT2D eigenvalue weighted by molar-refractivity contribution is 5.86. The Hall–Kier alpha value is -3.75. The molecule has 1 aliphatic rings. The quantitative estimate of drug-likeness (QED) is 0.159. The average molecular weight is 505 g/mol. The molecule has 13 heteroatoms. The lowest BCUT2D eigenvalue weighted by Crippen LogP contribution is -2.55. The molecule has 0 radical (unpaired) electrons. The lowest BCUT2D eigenvalue weighted by atomic mass is 9.89. The van der Waals surface area contributed by atoms with Crippen LogP contribution in [0.25, 0.3) is 22.1 Å². The Morgan fingerprint density at radius 3 is 2.39 bits per heavy atom. The van der Waals surface area contributed by atoms with Crippen molar-refractivity contribution >= 4 is 11.0 Å². The summed E-state index contributed by atoms with van der Waals surface area (Å²) in [5, 5.41) is 59.8. The summed E-state index contributed by atoms with van der Waals surface area (Å²) in [4.78, 5) is 28.0. The molecule has 0 bridgehead atoms. The van der Waals surface area contributed by atoms with Crippen molar-refractivity contribution in [2.24, 2.45) is 0 Å². The molecular weight excluding hydrogens is 482 g/mol. The highest BCUT2D eigenvalue weighted by Crippen LogP contribution is 2.41. The highest BCUT2D eigenvalue weighted by atomic mass is 17.0. The first-order valence-electron chi connectivity index (χ1n) is 10.8. The second-order valence-electron chi connectivity index (χ2n) is 8.03. The van der Waals surface area contributed by atoms with Gasteiger partial charge in [-0.05, 0) is 29.8 Å². The van der Waals surface area contributed by atoms with E-state index in [2.05, 4.69) is 4.84 Å². The normalized spacial score (nSPS) is 23.9. The van der Waals surface area contributed by atoms with Crippen LogP contribution < -0.4 is 10.2 Å². The van der Waals surface area contributed by atoms with Crippen LogP contribution in [0.2, 0.25) is 0 Å². The third-order valence-electron chi connectivity index (χ3n) is 5.83. The number of phenols is 1. The van der Waals surface area contributed by atoms with Crippen LogP contribution in [0.3, 0.4) is 0 Å². The summed E-state index contributed by atoms with van der Waals surface area (Å²) in [7, 11) is 0. The van der Waals surface area contributed by atoms with Gasteiger partial charge < -0.3 is 44.3 Å². The molecule has 3 aromatic rings. The number of fused-ring (bicyclic) bond motifs is 1. The molecule has 0 saturated carbocycles. The van der Waals surface area contributed by atoms with Gasteiger partial charge in [0.05, 0.1) is 23.1 Å². The fourth-order valence-electron chi connectivity index (χ4n) is 4.04. The number of aliphatic hydroxyl groups is 4. The van der Waals surface area contributed by atoms with Crippen molar-refractivity contribution in [2.75, 3.05) is 19.8 Å². The Labute approximate surface area is 202 Å². The molecule has 2 heterocycles. The molecule has 5 atom stereocenters. The number of phenolic OH excluding ortho intramolecular Hbond substituents is 1. The molecular formula is C23H23NO12. The van der Waals surface area contributed by atoms with Gasteiger partial charge in [0, 0.05) is 0 Å². The number of benzene rings is 2. The van der Waals surface area contributed by atoms with Crippen molar-refractivity contribution in [2.45, 2.75) is 30.5 Å². The smallest absolute Gasteiger partial charge is 0.294 e. The first kappa shape index (κ1) is 25.3. The Kier molecular flexibility index (Phi) is 7.37. The Morgan fingerprint density at radius 2 is 1.72 bits per heavy atom. The van der Waals surface area contributed by atoms with Crippen LogP contribution in [-0.2, 0) is 9.57 Å². The van der Waals surface area contributed by atoms with Crippen molar-refractivity contribution in [3.05, 3.63) is 68.6 Å².